The molecule has 0 amide bonds. The Hall–Kier alpha value is -0.0800. The number of ether oxygens (including phenoxy) is 2. The van der Waals surface area contributed by atoms with Gasteiger partial charge in [0, 0.05) is 50.3 Å². The molecule has 3 fully saturated rings. The summed E-state index contributed by atoms with van der Waals surface area (Å²) in [6.07, 6.45) is 3.86. The molecule has 2 saturated heterocycles. The highest BCUT2D eigenvalue weighted by atomic mass is 127. The number of nitrogens with one attached hydrogen (secondary N) is 2. The maximum atomic E-state index is 5.88. The summed E-state index contributed by atoms with van der Waals surface area (Å²) in [7, 11) is 0. The zero-order chi connectivity index (χ0) is 15.6. The Labute approximate surface area is 157 Å². The standard InChI is InChI=1S/C17H31N3O2.HI/c1-4-18-16(19-11-12-5-8-21-9-6-12)20-14-13-7-10-22-15(13)17(14,2)3;/h12-15H,4-11H2,1-3H3,(H2,18,19,20);1H. The van der Waals surface area contributed by atoms with Crippen molar-refractivity contribution >= 4 is 29.9 Å². The molecule has 6 heteroatoms. The Kier molecular flexibility index (Phi) is 6.98. The monoisotopic (exact) mass is 437 g/mol. The van der Waals surface area contributed by atoms with Crippen LogP contribution in [-0.4, -0.2) is 51.0 Å². The van der Waals surface area contributed by atoms with E-state index in [9.17, 15) is 0 Å². The van der Waals surface area contributed by atoms with E-state index in [0.29, 0.717) is 24.0 Å². The lowest BCUT2D eigenvalue weighted by molar-refractivity contribution is -0.106. The summed E-state index contributed by atoms with van der Waals surface area (Å²) in [4.78, 5) is 4.84. The van der Waals surface area contributed by atoms with Crippen LogP contribution in [0, 0.1) is 17.3 Å². The lowest BCUT2D eigenvalue weighted by Crippen LogP contribution is -2.68. The van der Waals surface area contributed by atoms with Crippen LogP contribution in [0.25, 0.3) is 0 Å². The van der Waals surface area contributed by atoms with Crippen LogP contribution in [0.5, 0.6) is 0 Å². The Morgan fingerprint density at radius 3 is 2.61 bits per heavy atom. The Morgan fingerprint density at radius 1 is 1.17 bits per heavy atom. The number of hydrogen-bond donors (Lipinski definition) is 2. The molecule has 0 bridgehead atoms. The number of nitrogens with zero attached hydrogens (tertiary/aromatic N) is 1. The van der Waals surface area contributed by atoms with E-state index in [1.807, 2.05) is 0 Å². The Balaban J connectivity index is 0.00000192. The number of hydrogen-bond acceptors (Lipinski definition) is 3. The van der Waals surface area contributed by atoms with Gasteiger partial charge in [0.1, 0.15) is 0 Å². The molecule has 1 aliphatic carbocycles. The van der Waals surface area contributed by atoms with Gasteiger partial charge < -0.3 is 20.1 Å². The molecule has 3 aliphatic rings. The van der Waals surface area contributed by atoms with Crippen LogP contribution in [0.15, 0.2) is 4.99 Å². The summed E-state index contributed by atoms with van der Waals surface area (Å²) in [5, 5.41) is 7.09. The van der Waals surface area contributed by atoms with Crippen LogP contribution < -0.4 is 10.6 Å². The first kappa shape index (κ1) is 19.2. The SMILES string of the molecule is CCNC(=NCC1CCOCC1)NC1C2CCOC2C1(C)C.I. The van der Waals surface area contributed by atoms with Gasteiger partial charge in [-0.1, -0.05) is 13.8 Å². The van der Waals surface area contributed by atoms with Gasteiger partial charge in [-0.05, 0) is 32.1 Å². The van der Waals surface area contributed by atoms with Gasteiger partial charge in [0.25, 0.3) is 0 Å². The molecule has 23 heavy (non-hydrogen) atoms. The van der Waals surface area contributed by atoms with Gasteiger partial charge in [-0.3, -0.25) is 4.99 Å². The highest BCUT2D eigenvalue weighted by Crippen LogP contribution is 2.52. The largest absolute Gasteiger partial charge is 0.381 e. The van der Waals surface area contributed by atoms with Crippen molar-refractivity contribution in [3.8, 4) is 0 Å². The van der Waals surface area contributed by atoms with Crippen molar-refractivity contribution in [2.75, 3.05) is 32.9 Å². The molecule has 1 saturated carbocycles. The molecule has 0 radical (unpaired) electrons. The van der Waals surface area contributed by atoms with Gasteiger partial charge in [0.05, 0.1) is 6.10 Å². The van der Waals surface area contributed by atoms with E-state index in [0.717, 1.165) is 51.7 Å². The van der Waals surface area contributed by atoms with Crippen LogP contribution in [0.3, 0.4) is 0 Å². The number of guanidine groups is 1. The summed E-state index contributed by atoms with van der Waals surface area (Å²) in [6, 6.07) is 0.465. The smallest absolute Gasteiger partial charge is 0.191 e. The fourth-order valence-corrected chi connectivity index (χ4v) is 4.23. The van der Waals surface area contributed by atoms with Crippen molar-refractivity contribution in [2.45, 2.75) is 52.2 Å². The van der Waals surface area contributed by atoms with Gasteiger partial charge in [-0.25, -0.2) is 0 Å². The third-order valence-electron chi connectivity index (χ3n) is 5.59. The summed E-state index contributed by atoms with van der Waals surface area (Å²) >= 11 is 0. The molecule has 134 valence electrons. The summed E-state index contributed by atoms with van der Waals surface area (Å²) in [5.74, 6) is 2.28. The van der Waals surface area contributed by atoms with Crippen LogP contribution in [0.1, 0.15) is 40.0 Å². The lowest BCUT2D eigenvalue weighted by atomic mass is 9.57. The molecule has 2 aliphatic heterocycles. The minimum atomic E-state index is 0. The van der Waals surface area contributed by atoms with E-state index < -0.39 is 0 Å². The van der Waals surface area contributed by atoms with Crippen molar-refractivity contribution in [3.63, 3.8) is 0 Å². The van der Waals surface area contributed by atoms with Crippen LogP contribution in [0.4, 0.5) is 0 Å². The van der Waals surface area contributed by atoms with Crippen molar-refractivity contribution in [1.82, 2.24) is 10.6 Å². The number of halogens is 1. The predicted molar refractivity (Wildman–Crippen MR) is 103 cm³/mol. The molecule has 3 rings (SSSR count). The zero-order valence-corrected chi connectivity index (χ0v) is 17.0. The first-order valence-corrected chi connectivity index (χ1v) is 8.87. The van der Waals surface area contributed by atoms with Gasteiger partial charge in [-0.2, -0.15) is 0 Å². The lowest BCUT2D eigenvalue weighted by Gasteiger charge is -2.54. The molecular weight excluding hydrogens is 405 g/mol. The summed E-state index contributed by atoms with van der Waals surface area (Å²) < 4.78 is 11.3. The molecular formula is C17H32IN3O2. The summed E-state index contributed by atoms with van der Waals surface area (Å²) in [5.41, 5.74) is 0.191. The number of aliphatic imine (C=N–C) groups is 1. The Morgan fingerprint density at radius 2 is 1.91 bits per heavy atom. The zero-order valence-electron chi connectivity index (χ0n) is 14.6. The van der Waals surface area contributed by atoms with Crippen LogP contribution in [0.2, 0.25) is 0 Å². The fourth-order valence-electron chi connectivity index (χ4n) is 4.23. The van der Waals surface area contributed by atoms with E-state index in [1.165, 1.54) is 6.42 Å². The second kappa shape index (κ2) is 8.34. The van der Waals surface area contributed by atoms with E-state index in [1.54, 1.807) is 0 Å². The maximum Gasteiger partial charge on any atom is 0.191 e. The molecule has 3 atom stereocenters. The van der Waals surface area contributed by atoms with E-state index in [2.05, 4.69) is 31.4 Å². The molecule has 2 N–H and O–H groups in total. The third-order valence-corrected chi connectivity index (χ3v) is 5.59. The highest BCUT2D eigenvalue weighted by Gasteiger charge is 2.59. The van der Waals surface area contributed by atoms with Crippen molar-refractivity contribution in [2.24, 2.45) is 22.2 Å². The molecule has 0 aromatic carbocycles. The summed E-state index contributed by atoms with van der Waals surface area (Å²) in [6.45, 7) is 11.2. The number of fused-ring (bicyclic) bond motifs is 1. The normalized spacial score (nSPS) is 33.3. The Bertz CT molecular complexity index is 411. The van der Waals surface area contributed by atoms with Gasteiger partial charge in [0.15, 0.2) is 5.96 Å². The average Bonchev–Trinajstić information content (AvgIpc) is 2.98. The van der Waals surface area contributed by atoms with E-state index in [-0.39, 0.29) is 29.4 Å². The predicted octanol–water partition coefficient (Wildman–Crippen LogP) is 2.40. The van der Waals surface area contributed by atoms with Gasteiger partial charge in [0.2, 0.25) is 0 Å². The number of rotatable bonds is 4. The second-order valence-corrected chi connectivity index (χ2v) is 7.46. The van der Waals surface area contributed by atoms with Crippen molar-refractivity contribution in [1.29, 1.82) is 0 Å². The minimum absolute atomic E-state index is 0. The van der Waals surface area contributed by atoms with E-state index in [4.69, 9.17) is 14.5 Å². The third kappa shape index (κ3) is 4.12. The maximum absolute atomic E-state index is 5.88. The van der Waals surface area contributed by atoms with Gasteiger partial charge >= 0.3 is 0 Å². The molecule has 0 aromatic heterocycles. The van der Waals surface area contributed by atoms with Gasteiger partial charge in [-0.15, -0.1) is 24.0 Å². The van der Waals surface area contributed by atoms with E-state index >= 15 is 0 Å². The molecule has 5 nitrogen and oxygen atoms in total. The molecule has 3 unspecified atom stereocenters. The first-order chi connectivity index (χ1) is 10.6. The van der Waals surface area contributed by atoms with Crippen molar-refractivity contribution in [3.05, 3.63) is 0 Å². The molecule has 2 heterocycles. The highest BCUT2D eigenvalue weighted by molar-refractivity contribution is 14.0. The van der Waals surface area contributed by atoms with Crippen LogP contribution >= 0.6 is 24.0 Å². The van der Waals surface area contributed by atoms with Crippen LogP contribution in [-0.2, 0) is 9.47 Å². The topological polar surface area (TPSA) is 54.9 Å². The fraction of sp³-hybridized carbons (Fsp3) is 0.941. The second-order valence-electron chi connectivity index (χ2n) is 7.46. The first-order valence-electron chi connectivity index (χ1n) is 8.87. The average molecular weight is 437 g/mol. The quantitative estimate of drug-likeness (QED) is 0.403. The van der Waals surface area contributed by atoms with Crippen molar-refractivity contribution < 1.29 is 9.47 Å². The molecule has 0 spiro atoms. The molecule has 0 aromatic rings. The minimum Gasteiger partial charge on any atom is -0.381 e.